The predicted molar refractivity (Wildman–Crippen MR) is 81.2 cm³/mol. The number of benzene rings is 2. The molecule has 0 fully saturated rings. The van der Waals surface area contributed by atoms with E-state index in [0.717, 1.165) is 17.2 Å². The topological polar surface area (TPSA) is 55.4 Å². The standard InChI is InChI=1S/C17H16FNO3/c1-11-7-12(2)9-13(8-11)19-16(20)10-22-17(21)14-5-3-4-6-15(14)18/h3-9H,10H2,1-2H3,(H,19,20). The van der Waals surface area contributed by atoms with Crippen molar-refractivity contribution in [2.24, 2.45) is 0 Å². The third-order valence-electron chi connectivity index (χ3n) is 2.93. The number of anilines is 1. The zero-order valence-corrected chi connectivity index (χ0v) is 12.4. The molecule has 0 saturated heterocycles. The average Bonchev–Trinajstić information content (AvgIpc) is 2.44. The largest absolute Gasteiger partial charge is 0.452 e. The maximum atomic E-state index is 13.4. The van der Waals surface area contributed by atoms with E-state index in [0.29, 0.717) is 5.69 Å². The minimum Gasteiger partial charge on any atom is -0.452 e. The number of hydrogen-bond donors (Lipinski definition) is 1. The van der Waals surface area contributed by atoms with Gasteiger partial charge in [0.1, 0.15) is 5.82 Å². The molecule has 0 saturated carbocycles. The van der Waals surface area contributed by atoms with Crippen LogP contribution in [0.4, 0.5) is 10.1 Å². The zero-order chi connectivity index (χ0) is 16.1. The summed E-state index contributed by atoms with van der Waals surface area (Å²) in [4.78, 5) is 23.5. The Morgan fingerprint density at radius 1 is 1.09 bits per heavy atom. The van der Waals surface area contributed by atoms with Crippen LogP contribution in [0.1, 0.15) is 21.5 Å². The lowest BCUT2D eigenvalue weighted by molar-refractivity contribution is -0.119. The second kappa shape index (κ2) is 6.85. The Morgan fingerprint density at radius 3 is 2.36 bits per heavy atom. The molecule has 4 nitrogen and oxygen atoms in total. The highest BCUT2D eigenvalue weighted by molar-refractivity contribution is 5.95. The fourth-order valence-corrected chi connectivity index (χ4v) is 2.08. The molecule has 2 aromatic rings. The first-order chi connectivity index (χ1) is 10.5. The number of aryl methyl sites for hydroxylation is 2. The van der Waals surface area contributed by atoms with Crippen LogP contribution in [0.3, 0.4) is 0 Å². The van der Waals surface area contributed by atoms with Gasteiger partial charge in [0.15, 0.2) is 6.61 Å². The third-order valence-corrected chi connectivity index (χ3v) is 2.93. The van der Waals surface area contributed by atoms with Crippen molar-refractivity contribution < 1.29 is 18.7 Å². The quantitative estimate of drug-likeness (QED) is 0.882. The van der Waals surface area contributed by atoms with Crippen molar-refractivity contribution in [2.75, 3.05) is 11.9 Å². The highest BCUT2D eigenvalue weighted by Crippen LogP contribution is 2.14. The Morgan fingerprint density at radius 2 is 1.73 bits per heavy atom. The molecule has 1 N–H and O–H groups in total. The van der Waals surface area contributed by atoms with Crippen molar-refractivity contribution >= 4 is 17.6 Å². The predicted octanol–water partition coefficient (Wildman–Crippen LogP) is 3.24. The minimum atomic E-state index is -0.867. The summed E-state index contributed by atoms with van der Waals surface area (Å²) in [6, 6.07) is 11.1. The lowest BCUT2D eigenvalue weighted by Gasteiger charge is -2.08. The number of hydrogen-bond acceptors (Lipinski definition) is 3. The molecule has 0 aliphatic rings. The second-order valence-corrected chi connectivity index (χ2v) is 4.98. The first kappa shape index (κ1) is 15.7. The molecule has 0 bridgehead atoms. The summed E-state index contributed by atoms with van der Waals surface area (Å²) in [6.45, 7) is 3.36. The molecule has 2 aromatic carbocycles. The molecule has 22 heavy (non-hydrogen) atoms. The van der Waals surface area contributed by atoms with Crippen molar-refractivity contribution in [1.82, 2.24) is 0 Å². The van der Waals surface area contributed by atoms with Crippen LogP contribution in [0.15, 0.2) is 42.5 Å². The Labute approximate surface area is 127 Å². The van der Waals surface area contributed by atoms with Gasteiger partial charge >= 0.3 is 5.97 Å². The Kier molecular flexibility index (Phi) is 4.88. The van der Waals surface area contributed by atoms with E-state index in [1.165, 1.54) is 18.2 Å². The zero-order valence-electron chi connectivity index (χ0n) is 12.4. The molecule has 0 heterocycles. The first-order valence-electron chi connectivity index (χ1n) is 6.75. The Bertz CT molecular complexity index is 693. The van der Waals surface area contributed by atoms with Crippen LogP contribution < -0.4 is 5.32 Å². The molecule has 0 spiro atoms. The maximum Gasteiger partial charge on any atom is 0.341 e. The summed E-state index contributed by atoms with van der Waals surface area (Å²) in [7, 11) is 0. The van der Waals surface area contributed by atoms with Gasteiger partial charge in [0.2, 0.25) is 0 Å². The molecule has 0 radical (unpaired) electrons. The molecule has 2 rings (SSSR count). The number of halogens is 1. The molecular formula is C17H16FNO3. The molecule has 5 heteroatoms. The highest BCUT2D eigenvalue weighted by atomic mass is 19.1. The van der Waals surface area contributed by atoms with E-state index in [-0.39, 0.29) is 5.56 Å². The number of nitrogens with one attached hydrogen (secondary N) is 1. The van der Waals surface area contributed by atoms with Gasteiger partial charge < -0.3 is 10.1 Å². The van der Waals surface area contributed by atoms with E-state index >= 15 is 0 Å². The van der Waals surface area contributed by atoms with Crippen molar-refractivity contribution in [3.05, 3.63) is 65.0 Å². The van der Waals surface area contributed by atoms with Gasteiger partial charge in [-0.15, -0.1) is 0 Å². The molecule has 1 amide bonds. The number of amides is 1. The number of rotatable bonds is 4. The Hall–Kier alpha value is -2.69. The SMILES string of the molecule is Cc1cc(C)cc(NC(=O)COC(=O)c2ccccc2F)c1. The summed E-state index contributed by atoms with van der Waals surface area (Å²) in [5.74, 6) is -2.02. The van der Waals surface area contributed by atoms with E-state index < -0.39 is 24.3 Å². The van der Waals surface area contributed by atoms with E-state index in [9.17, 15) is 14.0 Å². The van der Waals surface area contributed by atoms with Gasteiger partial charge in [0.05, 0.1) is 5.56 Å². The van der Waals surface area contributed by atoms with Crippen LogP contribution in [0.5, 0.6) is 0 Å². The Balaban J connectivity index is 1.93. The third kappa shape index (κ3) is 4.15. The normalized spacial score (nSPS) is 10.1. The molecule has 0 unspecified atom stereocenters. The molecule has 0 atom stereocenters. The summed E-state index contributed by atoms with van der Waals surface area (Å²) >= 11 is 0. The molecule has 0 aliphatic carbocycles. The monoisotopic (exact) mass is 301 g/mol. The average molecular weight is 301 g/mol. The first-order valence-corrected chi connectivity index (χ1v) is 6.75. The van der Waals surface area contributed by atoms with Crippen LogP contribution in [0.25, 0.3) is 0 Å². The number of carbonyl (C=O) groups is 2. The maximum absolute atomic E-state index is 13.4. The van der Waals surface area contributed by atoms with Gasteiger partial charge in [-0.05, 0) is 49.2 Å². The molecule has 0 aliphatic heterocycles. The van der Waals surface area contributed by atoms with Gasteiger partial charge in [-0.3, -0.25) is 4.79 Å². The van der Waals surface area contributed by atoms with Crippen molar-refractivity contribution in [1.29, 1.82) is 0 Å². The van der Waals surface area contributed by atoms with E-state index in [4.69, 9.17) is 4.74 Å². The van der Waals surface area contributed by atoms with Crippen LogP contribution in [-0.2, 0) is 9.53 Å². The van der Waals surface area contributed by atoms with Crippen molar-refractivity contribution in [3.63, 3.8) is 0 Å². The number of ether oxygens (including phenoxy) is 1. The second-order valence-electron chi connectivity index (χ2n) is 4.98. The van der Waals surface area contributed by atoms with Gasteiger partial charge in [-0.1, -0.05) is 18.2 Å². The van der Waals surface area contributed by atoms with E-state index in [2.05, 4.69) is 5.32 Å². The fraction of sp³-hybridized carbons (Fsp3) is 0.176. The van der Waals surface area contributed by atoms with Crippen LogP contribution >= 0.6 is 0 Å². The molecular weight excluding hydrogens is 285 g/mol. The van der Waals surface area contributed by atoms with Crippen molar-refractivity contribution in [2.45, 2.75) is 13.8 Å². The van der Waals surface area contributed by atoms with Gasteiger partial charge in [-0.25, -0.2) is 9.18 Å². The fourth-order valence-electron chi connectivity index (χ4n) is 2.08. The molecule has 0 aromatic heterocycles. The summed E-state index contributed by atoms with van der Waals surface area (Å²) < 4.78 is 18.2. The van der Waals surface area contributed by atoms with Crippen LogP contribution in [0.2, 0.25) is 0 Å². The minimum absolute atomic E-state index is 0.193. The summed E-state index contributed by atoms with van der Waals surface area (Å²) in [5.41, 5.74) is 2.46. The van der Waals surface area contributed by atoms with E-state index in [1.54, 1.807) is 0 Å². The molecule has 114 valence electrons. The van der Waals surface area contributed by atoms with Crippen LogP contribution in [0, 0.1) is 19.7 Å². The highest BCUT2D eigenvalue weighted by Gasteiger charge is 2.14. The van der Waals surface area contributed by atoms with Gasteiger partial charge in [0.25, 0.3) is 5.91 Å². The number of carbonyl (C=O) groups excluding carboxylic acids is 2. The number of esters is 1. The lowest BCUT2D eigenvalue weighted by Crippen LogP contribution is -2.21. The smallest absolute Gasteiger partial charge is 0.341 e. The van der Waals surface area contributed by atoms with Crippen LogP contribution in [-0.4, -0.2) is 18.5 Å². The van der Waals surface area contributed by atoms with E-state index in [1.807, 2.05) is 32.0 Å². The van der Waals surface area contributed by atoms with Crippen molar-refractivity contribution in [3.8, 4) is 0 Å². The summed E-state index contributed by atoms with van der Waals surface area (Å²) in [5, 5.41) is 2.64. The lowest BCUT2D eigenvalue weighted by atomic mass is 10.1. The van der Waals surface area contributed by atoms with Gasteiger partial charge in [-0.2, -0.15) is 0 Å². The van der Waals surface area contributed by atoms with Gasteiger partial charge in [0, 0.05) is 5.69 Å². The summed E-state index contributed by atoms with van der Waals surface area (Å²) in [6.07, 6.45) is 0.